The van der Waals surface area contributed by atoms with Gasteiger partial charge in [0.2, 0.25) is 0 Å². The third kappa shape index (κ3) is 5.48. The van der Waals surface area contributed by atoms with Crippen molar-refractivity contribution < 1.29 is 20.1 Å². The van der Waals surface area contributed by atoms with Crippen LogP contribution in [0.2, 0.25) is 0 Å². The molecule has 17 heavy (non-hydrogen) atoms. The molecule has 4 N–H and O–H groups in total. The number of aliphatic hydroxyl groups is 3. The summed E-state index contributed by atoms with van der Waals surface area (Å²) in [7, 11) is 0. The van der Waals surface area contributed by atoms with E-state index in [1.54, 1.807) is 13.8 Å². The van der Waals surface area contributed by atoms with Gasteiger partial charge in [-0.3, -0.25) is 4.79 Å². The molecule has 0 aliphatic carbocycles. The summed E-state index contributed by atoms with van der Waals surface area (Å²) >= 11 is 0. The van der Waals surface area contributed by atoms with Crippen LogP contribution in [0.3, 0.4) is 0 Å². The van der Waals surface area contributed by atoms with Crippen LogP contribution in [0.4, 0.5) is 0 Å². The van der Waals surface area contributed by atoms with Crippen LogP contribution in [0, 0.1) is 5.41 Å². The van der Waals surface area contributed by atoms with Crippen molar-refractivity contribution in [2.24, 2.45) is 5.41 Å². The maximum Gasteiger partial charge on any atom is 0.252 e. The number of nitrogens with one attached hydrogen (secondary N) is 1. The zero-order valence-electron chi connectivity index (χ0n) is 11.6. The molecule has 0 aromatic carbocycles. The molecule has 5 nitrogen and oxygen atoms in total. The molecule has 1 atom stereocenters. The van der Waals surface area contributed by atoms with Gasteiger partial charge in [0.15, 0.2) is 0 Å². The van der Waals surface area contributed by atoms with Gasteiger partial charge >= 0.3 is 0 Å². The summed E-state index contributed by atoms with van der Waals surface area (Å²) in [4.78, 5) is 11.6. The van der Waals surface area contributed by atoms with Crippen LogP contribution >= 0.6 is 0 Å². The molecule has 0 radical (unpaired) electrons. The normalized spacial score (nSPS) is 14.4. The first-order chi connectivity index (χ1) is 7.79. The fourth-order valence-electron chi connectivity index (χ4n) is 0.914. The van der Waals surface area contributed by atoms with E-state index in [1.165, 1.54) is 6.92 Å². The fourth-order valence-corrected chi connectivity index (χ4v) is 0.914. The van der Waals surface area contributed by atoms with Gasteiger partial charge in [0.1, 0.15) is 5.60 Å². The first-order valence-corrected chi connectivity index (χ1v) is 6.02. The lowest BCUT2D eigenvalue weighted by atomic mass is 9.76. The summed E-state index contributed by atoms with van der Waals surface area (Å²) in [6.45, 7) is 8.61. The van der Waals surface area contributed by atoms with Gasteiger partial charge in [0.25, 0.3) is 5.91 Å². The van der Waals surface area contributed by atoms with Gasteiger partial charge in [-0.15, -0.1) is 0 Å². The highest BCUT2D eigenvalue weighted by Crippen LogP contribution is 2.30. The summed E-state index contributed by atoms with van der Waals surface area (Å²) in [6.07, 6.45) is 0.446. The lowest BCUT2D eigenvalue weighted by Gasteiger charge is -2.37. The Morgan fingerprint density at radius 3 is 2.00 bits per heavy atom. The maximum atomic E-state index is 11.6. The number of hydrogen-bond donors (Lipinski definition) is 4. The number of hydrogen-bond acceptors (Lipinski definition) is 4. The van der Waals surface area contributed by atoms with Gasteiger partial charge in [-0.25, -0.2) is 0 Å². The fraction of sp³-hybridized carbons (Fsp3) is 0.917. The molecule has 0 saturated heterocycles. The van der Waals surface area contributed by atoms with Gasteiger partial charge < -0.3 is 20.6 Å². The van der Waals surface area contributed by atoms with E-state index >= 15 is 0 Å². The molecule has 0 bridgehead atoms. The number of aliphatic hydroxyl groups excluding tert-OH is 2. The summed E-state index contributed by atoms with van der Waals surface area (Å²) in [5, 5.41) is 30.1. The highest BCUT2D eigenvalue weighted by Gasteiger charge is 2.45. The summed E-state index contributed by atoms with van der Waals surface area (Å²) in [6, 6.07) is 0. The van der Waals surface area contributed by atoms with Gasteiger partial charge in [-0.1, -0.05) is 27.7 Å². The van der Waals surface area contributed by atoms with Crippen LogP contribution in [0.25, 0.3) is 0 Å². The second kappa shape index (κ2) is 8.44. The molecule has 0 saturated carbocycles. The van der Waals surface area contributed by atoms with Crippen LogP contribution in [-0.2, 0) is 4.79 Å². The molecule has 0 heterocycles. The van der Waals surface area contributed by atoms with E-state index in [-0.39, 0.29) is 13.2 Å². The highest BCUT2D eigenvalue weighted by atomic mass is 16.3. The molecule has 0 fully saturated rings. The molecule has 0 aliphatic heterocycles. The molecule has 104 valence electrons. The van der Waals surface area contributed by atoms with E-state index in [0.717, 1.165) is 0 Å². The minimum Gasteiger partial charge on any atom is -0.396 e. The Kier molecular flexibility index (Phi) is 9.29. The average molecular weight is 249 g/mol. The van der Waals surface area contributed by atoms with Crippen molar-refractivity contribution in [1.29, 1.82) is 0 Å². The molecule has 0 spiro atoms. The van der Waals surface area contributed by atoms with Gasteiger partial charge in [0.05, 0.1) is 6.61 Å². The Morgan fingerprint density at radius 2 is 1.65 bits per heavy atom. The van der Waals surface area contributed by atoms with E-state index in [4.69, 9.17) is 10.2 Å². The predicted molar refractivity (Wildman–Crippen MR) is 67.6 cm³/mol. The van der Waals surface area contributed by atoms with Crippen molar-refractivity contribution in [3.8, 4) is 0 Å². The molecular weight excluding hydrogens is 222 g/mol. The van der Waals surface area contributed by atoms with E-state index in [0.29, 0.717) is 13.0 Å². The Balaban J connectivity index is 0. The number of carbonyl (C=O) groups is 1. The first-order valence-electron chi connectivity index (χ1n) is 6.02. The summed E-state index contributed by atoms with van der Waals surface area (Å²) in [5.74, 6) is -0.532. The van der Waals surface area contributed by atoms with Crippen molar-refractivity contribution in [1.82, 2.24) is 5.32 Å². The molecule has 0 aromatic rings. The molecule has 0 aliphatic rings. The Hall–Kier alpha value is -0.650. The number of carbonyl (C=O) groups excluding carboxylic acids is 1. The van der Waals surface area contributed by atoms with E-state index in [2.05, 4.69) is 5.32 Å². The molecule has 0 aromatic heterocycles. The van der Waals surface area contributed by atoms with Crippen LogP contribution in [-0.4, -0.2) is 46.6 Å². The SMILES string of the molecule is CC.CC(C)(CO)[C@](C)(O)C(=O)NCCCO. The van der Waals surface area contributed by atoms with Crippen molar-refractivity contribution in [2.45, 2.75) is 46.6 Å². The molecule has 1 amide bonds. The minimum atomic E-state index is -1.63. The van der Waals surface area contributed by atoms with Gasteiger partial charge in [0, 0.05) is 18.6 Å². The first kappa shape index (κ1) is 18.7. The Labute approximate surface area is 104 Å². The summed E-state index contributed by atoms with van der Waals surface area (Å²) in [5.41, 5.74) is -2.53. The van der Waals surface area contributed by atoms with E-state index in [9.17, 15) is 9.90 Å². The smallest absolute Gasteiger partial charge is 0.252 e. The zero-order valence-corrected chi connectivity index (χ0v) is 11.6. The van der Waals surface area contributed by atoms with Crippen LogP contribution in [0.5, 0.6) is 0 Å². The molecule has 0 rings (SSSR count). The van der Waals surface area contributed by atoms with Crippen molar-refractivity contribution >= 4 is 5.91 Å². The second-order valence-electron chi connectivity index (χ2n) is 4.45. The lowest BCUT2D eigenvalue weighted by molar-refractivity contribution is -0.154. The second-order valence-corrected chi connectivity index (χ2v) is 4.45. The van der Waals surface area contributed by atoms with Crippen LogP contribution < -0.4 is 5.32 Å². The zero-order chi connectivity index (χ0) is 14.1. The van der Waals surface area contributed by atoms with E-state index in [1.807, 2.05) is 13.8 Å². The van der Waals surface area contributed by atoms with Crippen molar-refractivity contribution in [2.75, 3.05) is 19.8 Å². The monoisotopic (exact) mass is 249 g/mol. The summed E-state index contributed by atoms with van der Waals surface area (Å²) < 4.78 is 0. The molecule has 5 heteroatoms. The largest absolute Gasteiger partial charge is 0.396 e. The van der Waals surface area contributed by atoms with Crippen molar-refractivity contribution in [3.05, 3.63) is 0 Å². The van der Waals surface area contributed by atoms with Gasteiger partial charge in [-0.05, 0) is 13.3 Å². The Morgan fingerprint density at radius 1 is 1.18 bits per heavy atom. The minimum absolute atomic E-state index is 0.00812. The van der Waals surface area contributed by atoms with Crippen LogP contribution in [0.1, 0.15) is 41.0 Å². The Bertz CT molecular complexity index is 215. The maximum absolute atomic E-state index is 11.6. The number of rotatable bonds is 6. The van der Waals surface area contributed by atoms with Crippen molar-refractivity contribution in [3.63, 3.8) is 0 Å². The number of amides is 1. The third-order valence-corrected chi connectivity index (χ3v) is 2.78. The molecular formula is C12H27NO4. The predicted octanol–water partition coefficient (Wildman–Crippen LogP) is 0.281. The highest BCUT2D eigenvalue weighted by molar-refractivity contribution is 5.85. The standard InChI is InChI=1S/C10H21NO4.C2H6/c1-9(2,7-13)10(3,15)8(14)11-5-4-6-12;1-2/h12-13,15H,4-7H2,1-3H3,(H,11,14);1-2H3/t10-;/m1./s1. The quantitative estimate of drug-likeness (QED) is 0.509. The van der Waals surface area contributed by atoms with Gasteiger partial charge in [-0.2, -0.15) is 0 Å². The van der Waals surface area contributed by atoms with E-state index < -0.39 is 16.9 Å². The lowest BCUT2D eigenvalue weighted by Crippen LogP contribution is -2.55. The average Bonchev–Trinajstić information content (AvgIpc) is 2.31. The topological polar surface area (TPSA) is 89.8 Å². The third-order valence-electron chi connectivity index (χ3n) is 2.78. The van der Waals surface area contributed by atoms with Crippen LogP contribution in [0.15, 0.2) is 0 Å². The molecule has 0 unspecified atom stereocenters.